The van der Waals surface area contributed by atoms with Gasteiger partial charge in [-0.05, 0) is 135 Å². The Bertz CT molecular complexity index is 1330. The molecule has 0 rings (SSSR count). The summed E-state index contributed by atoms with van der Waals surface area (Å²) in [6.45, 7) is 24.3. The molecule has 0 unspecified atom stereocenters. The zero-order valence-corrected chi connectivity index (χ0v) is 41.8. The number of nitrogens with two attached hydrogens (primary N) is 1. The maximum Gasteiger partial charge on any atom is 0.410 e. The van der Waals surface area contributed by atoms with Crippen molar-refractivity contribution in [2.75, 3.05) is 39.3 Å². The molecule has 0 saturated carbocycles. The van der Waals surface area contributed by atoms with E-state index in [1.54, 1.807) is 51.3 Å². The van der Waals surface area contributed by atoms with E-state index in [2.05, 4.69) is 10.6 Å². The summed E-state index contributed by atoms with van der Waals surface area (Å²) in [5.41, 5.74) is 3.20. The lowest BCUT2D eigenvalue weighted by atomic mass is 10.0. The van der Waals surface area contributed by atoms with Crippen LogP contribution in [0.1, 0.15) is 205 Å². The van der Waals surface area contributed by atoms with E-state index in [0.717, 1.165) is 44.9 Å². The SMILES string of the molecule is CC(C)(C)OC(=O)CCCCCCCCCCCCCC(=O)N[C@@H](CCC(=O)NCCCN(CCCCN(CCCN)C(=O)OC(C)(C)C)C(=O)OC(C)(C)C)C(=O)OC(C)(C)C. The number of unbranched alkanes of at least 4 members (excludes halogenated alkanes) is 11. The predicted molar refractivity (Wildman–Crippen MR) is 249 cm³/mol. The topological polar surface area (TPSA) is 196 Å². The average Bonchev–Trinajstić information content (AvgIpc) is 3.12. The molecule has 0 aliphatic heterocycles. The van der Waals surface area contributed by atoms with Crippen molar-refractivity contribution < 1.29 is 47.7 Å². The number of amides is 4. The number of nitrogens with zero attached hydrogens (tertiary/aromatic N) is 2. The van der Waals surface area contributed by atoms with Gasteiger partial charge in [0.25, 0.3) is 0 Å². The number of rotatable bonds is 31. The van der Waals surface area contributed by atoms with Gasteiger partial charge < -0.3 is 45.1 Å². The Balaban J connectivity index is 4.80. The minimum absolute atomic E-state index is 0.00432. The van der Waals surface area contributed by atoms with Gasteiger partial charge in [0.2, 0.25) is 11.8 Å². The number of ether oxygens (including phenoxy) is 4. The highest BCUT2D eigenvalue weighted by Crippen LogP contribution is 2.17. The van der Waals surface area contributed by atoms with Crippen molar-refractivity contribution >= 4 is 35.9 Å². The van der Waals surface area contributed by atoms with Crippen LogP contribution in [-0.4, -0.2) is 113 Å². The van der Waals surface area contributed by atoms with Gasteiger partial charge in [0, 0.05) is 52.0 Å². The van der Waals surface area contributed by atoms with Gasteiger partial charge >= 0.3 is 24.1 Å². The molecule has 0 fully saturated rings. The highest BCUT2D eigenvalue weighted by molar-refractivity contribution is 5.85. The lowest BCUT2D eigenvalue weighted by Crippen LogP contribution is -2.44. The van der Waals surface area contributed by atoms with Crippen LogP contribution in [0.2, 0.25) is 0 Å². The predicted octanol–water partition coefficient (Wildman–Crippen LogP) is 9.12. The molecule has 0 saturated heterocycles. The van der Waals surface area contributed by atoms with Crippen LogP contribution in [-0.2, 0) is 38.1 Å². The molecule has 0 radical (unpaired) electrons. The van der Waals surface area contributed by atoms with E-state index in [1.807, 2.05) is 41.5 Å². The van der Waals surface area contributed by atoms with Crippen LogP contribution in [0.15, 0.2) is 0 Å². The highest BCUT2D eigenvalue weighted by Gasteiger charge is 2.28. The molecular weight excluding hydrogens is 807 g/mol. The van der Waals surface area contributed by atoms with Crippen LogP contribution in [0.5, 0.6) is 0 Å². The Kier molecular flexibility index (Phi) is 29.5. The van der Waals surface area contributed by atoms with Crippen molar-refractivity contribution in [1.82, 2.24) is 20.4 Å². The van der Waals surface area contributed by atoms with Gasteiger partial charge in [-0.2, -0.15) is 0 Å². The van der Waals surface area contributed by atoms with Gasteiger partial charge in [-0.1, -0.05) is 57.8 Å². The van der Waals surface area contributed by atoms with Crippen LogP contribution >= 0.6 is 0 Å². The van der Waals surface area contributed by atoms with Crippen molar-refractivity contribution in [3.05, 3.63) is 0 Å². The third-order valence-electron chi connectivity index (χ3n) is 9.36. The summed E-state index contributed by atoms with van der Waals surface area (Å²) < 4.78 is 22.1. The number of hydrogen-bond acceptors (Lipinski definition) is 11. The summed E-state index contributed by atoms with van der Waals surface area (Å²) in [4.78, 5) is 79.8. The first-order valence-electron chi connectivity index (χ1n) is 23.9. The Morgan fingerprint density at radius 3 is 1.29 bits per heavy atom. The summed E-state index contributed by atoms with van der Waals surface area (Å²) >= 11 is 0. The molecule has 63 heavy (non-hydrogen) atoms. The number of esters is 2. The van der Waals surface area contributed by atoms with Gasteiger partial charge in [0.1, 0.15) is 28.4 Å². The molecule has 0 aromatic heterocycles. The standard InChI is InChI=1S/C48H91N5O10/c1-45(2,3)60-41(56)29-23-21-19-17-15-13-14-16-18-20-22-28-40(55)51-38(42(57)61-46(4,5)6)30-31-39(54)50-33-27-37-53(44(59)63-48(10,11)12)35-25-24-34-52(36-26-32-49)43(58)62-47(7,8)9/h38H,13-37,49H2,1-12H3,(H,50,54)(H,51,55)/t38-/m0/s1. The minimum atomic E-state index is -0.955. The van der Waals surface area contributed by atoms with Gasteiger partial charge in [-0.3, -0.25) is 14.4 Å². The second-order valence-electron chi connectivity index (χ2n) is 20.7. The number of nitrogens with one attached hydrogen (secondary N) is 2. The molecule has 0 spiro atoms. The lowest BCUT2D eigenvalue weighted by molar-refractivity contribution is -0.159. The summed E-state index contributed by atoms with van der Waals surface area (Å²) in [6, 6.07) is -0.955. The summed E-state index contributed by atoms with van der Waals surface area (Å²) in [5, 5.41) is 5.68. The summed E-state index contributed by atoms with van der Waals surface area (Å²) in [5.74, 6) is -1.22. The zero-order chi connectivity index (χ0) is 48.1. The number of carbonyl (C=O) groups excluding carboxylic acids is 6. The van der Waals surface area contributed by atoms with E-state index in [9.17, 15) is 28.8 Å². The first-order chi connectivity index (χ1) is 29.2. The molecule has 0 heterocycles. The largest absolute Gasteiger partial charge is 0.460 e. The Labute approximate surface area is 381 Å². The van der Waals surface area contributed by atoms with Crippen molar-refractivity contribution in [2.24, 2.45) is 5.73 Å². The number of hydrogen-bond donors (Lipinski definition) is 3. The first kappa shape index (κ1) is 59.4. The van der Waals surface area contributed by atoms with E-state index in [4.69, 9.17) is 24.7 Å². The fraction of sp³-hybridized carbons (Fsp3) is 0.875. The molecule has 0 aromatic rings. The zero-order valence-electron chi connectivity index (χ0n) is 41.8. The molecule has 0 bridgehead atoms. The second-order valence-corrected chi connectivity index (χ2v) is 20.7. The second kappa shape index (κ2) is 31.3. The van der Waals surface area contributed by atoms with E-state index in [1.165, 1.54) is 19.3 Å². The lowest BCUT2D eigenvalue weighted by Gasteiger charge is -2.29. The molecule has 1 atom stereocenters. The Morgan fingerprint density at radius 1 is 0.460 bits per heavy atom. The molecule has 15 nitrogen and oxygen atoms in total. The molecule has 4 N–H and O–H groups in total. The fourth-order valence-corrected chi connectivity index (χ4v) is 6.42. The van der Waals surface area contributed by atoms with Crippen molar-refractivity contribution in [1.29, 1.82) is 0 Å². The van der Waals surface area contributed by atoms with Crippen LogP contribution in [0.3, 0.4) is 0 Å². The normalized spacial score (nSPS) is 12.5. The molecule has 15 heteroatoms. The smallest absolute Gasteiger partial charge is 0.410 e. The molecule has 0 aromatic carbocycles. The quantitative estimate of drug-likeness (QED) is 0.0341. The molecule has 368 valence electrons. The summed E-state index contributed by atoms with van der Waals surface area (Å²) in [6.07, 6.45) is 13.9. The van der Waals surface area contributed by atoms with Crippen molar-refractivity contribution in [2.45, 2.75) is 234 Å². The molecule has 0 aliphatic carbocycles. The molecule has 4 amide bonds. The third-order valence-corrected chi connectivity index (χ3v) is 9.36. The van der Waals surface area contributed by atoms with E-state index in [0.29, 0.717) is 84.2 Å². The van der Waals surface area contributed by atoms with Crippen molar-refractivity contribution in [3.8, 4) is 0 Å². The Hall–Kier alpha value is -3.62. The molecule has 0 aliphatic rings. The fourth-order valence-electron chi connectivity index (χ4n) is 6.42. The third kappa shape index (κ3) is 36.4. The maximum absolute atomic E-state index is 13.1. The summed E-state index contributed by atoms with van der Waals surface area (Å²) in [7, 11) is 0. The van der Waals surface area contributed by atoms with Crippen LogP contribution < -0.4 is 16.4 Å². The minimum Gasteiger partial charge on any atom is -0.460 e. The van der Waals surface area contributed by atoms with Crippen LogP contribution in [0.4, 0.5) is 9.59 Å². The maximum atomic E-state index is 13.1. The van der Waals surface area contributed by atoms with E-state index in [-0.39, 0.29) is 30.6 Å². The van der Waals surface area contributed by atoms with E-state index < -0.39 is 46.6 Å². The van der Waals surface area contributed by atoms with Crippen LogP contribution in [0, 0.1) is 0 Å². The van der Waals surface area contributed by atoms with Crippen molar-refractivity contribution in [3.63, 3.8) is 0 Å². The highest BCUT2D eigenvalue weighted by atomic mass is 16.6. The van der Waals surface area contributed by atoms with Crippen LogP contribution in [0.25, 0.3) is 0 Å². The van der Waals surface area contributed by atoms with Gasteiger partial charge in [-0.25, -0.2) is 14.4 Å². The van der Waals surface area contributed by atoms with Gasteiger partial charge in [0.15, 0.2) is 0 Å². The number of carbonyl (C=O) groups is 6. The molecular formula is C48H91N5O10. The van der Waals surface area contributed by atoms with E-state index >= 15 is 0 Å². The van der Waals surface area contributed by atoms with Gasteiger partial charge in [-0.15, -0.1) is 0 Å². The first-order valence-corrected chi connectivity index (χ1v) is 23.9. The average molecular weight is 898 g/mol. The van der Waals surface area contributed by atoms with Gasteiger partial charge in [0.05, 0.1) is 0 Å². The Morgan fingerprint density at radius 2 is 0.857 bits per heavy atom. The monoisotopic (exact) mass is 898 g/mol.